The van der Waals surface area contributed by atoms with Gasteiger partial charge in [0.05, 0.1) is 5.52 Å². The van der Waals surface area contributed by atoms with Crippen molar-refractivity contribution in [2.24, 2.45) is 0 Å². The number of carbonyl (C=O) groups is 2. The third-order valence-corrected chi connectivity index (χ3v) is 7.90. The van der Waals surface area contributed by atoms with Gasteiger partial charge in [0.25, 0.3) is 0 Å². The Balaban J connectivity index is 1.57. The second kappa shape index (κ2) is 13.2. The maximum atomic E-state index is 15.1. The maximum Gasteiger partial charge on any atom is 0.415 e. The van der Waals surface area contributed by atoms with Crippen LogP contribution in [0.4, 0.5) is 20.6 Å². The van der Waals surface area contributed by atoms with Crippen molar-refractivity contribution in [3.63, 3.8) is 0 Å². The van der Waals surface area contributed by atoms with Gasteiger partial charge in [-0.3, -0.25) is 9.69 Å². The highest BCUT2D eigenvalue weighted by atomic mass is 19.1. The minimum absolute atomic E-state index is 0.0259. The van der Waals surface area contributed by atoms with E-state index in [0.717, 1.165) is 35.9 Å². The normalized spacial score (nSPS) is 16.5. The lowest BCUT2D eigenvalue weighted by Crippen LogP contribution is -2.46. The van der Waals surface area contributed by atoms with Gasteiger partial charge in [0.2, 0.25) is 5.91 Å². The molecule has 1 unspecified atom stereocenters. The molecule has 1 fully saturated rings. The number of hydrogen-bond donors (Lipinski definition) is 1. The summed E-state index contributed by atoms with van der Waals surface area (Å²) in [7, 11) is 1.67. The fourth-order valence-electron chi connectivity index (χ4n) is 6.06. The summed E-state index contributed by atoms with van der Waals surface area (Å²) in [5.74, 6) is -0.185. The highest BCUT2D eigenvalue weighted by Gasteiger charge is 2.33. The smallest absolute Gasteiger partial charge is 0.415 e. The van der Waals surface area contributed by atoms with Gasteiger partial charge in [0.15, 0.2) is 0 Å². The van der Waals surface area contributed by atoms with Crippen LogP contribution in [-0.4, -0.2) is 59.9 Å². The number of rotatable bonds is 9. The van der Waals surface area contributed by atoms with E-state index >= 15 is 4.39 Å². The van der Waals surface area contributed by atoms with Crippen LogP contribution in [0.3, 0.4) is 0 Å². The first-order valence-corrected chi connectivity index (χ1v) is 14.8. The van der Waals surface area contributed by atoms with Gasteiger partial charge in [-0.05, 0) is 89.8 Å². The van der Waals surface area contributed by atoms with Gasteiger partial charge in [-0.2, -0.15) is 0 Å². The van der Waals surface area contributed by atoms with E-state index in [9.17, 15) is 9.59 Å². The molecular weight excluding hydrogens is 535 g/mol. The van der Waals surface area contributed by atoms with Gasteiger partial charge in [0, 0.05) is 74.2 Å². The van der Waals surface area contributed by atoms with Gasteiger partial charge in [0.1, 0.15) is 11.4 Å². The van der Waals surface area contributed by atoms with Crippen LogP contribution in [0.5, 0.6) is 0 Å². The molecule has 42 heavy (non-hydrogen) atoms. The largest absolute Gasteiger partial charge is 0.443 e. The summed E-state index contributed by atoms with van der Waals surface area (Å²) in [5.41, 5.74) is 9.17. The molecule has 0 saturated carbocycles. The molecule has 2 atom stereocenters. The SMILES string of the molecule is COCCCn1c(C2CCCN(C(=O)C[C@@H](C)N(C(=O)OC(C)(C)C)c3ccc(N)cc3)C2)c(C)c2cccc(F)c21. The summed E-state index contributed by atoms with van der Waals surface area (Å²) in [4.78, 5) is 30.4. The van der Waals surface area contributed by atoms with E-state index in [0.29, 0.717) is 43.1 Å². The van der Waals surface area contributed by atoms with Crippen molar-refractivity contribution in [2.45, 2.75) is 84.4 Å². The van der Waals surface area contributed by atoms with Crippen LogP contribution in [-0.2, 0) is 20.8 Å². The number of fused-ring (bicyclic) bond motifs is 1. The van der Waals surface area contributed by atoms with Crippen LogP contribution in [0, 0.1) is 12.7 Å². The van der Waals surface area contributed by atoms with E-state index in [-0.39, 0.29) is 24.1 Å². The number of likely N-dealkylation sites (tertiary alicyclic amines) is 1. The Kier molecular flexibility index (Phi) is 9.82. The predicted molar refractivity (Wildman–Crippen MR) is 165 cm³/mol. The van der Waals surface area contributed by atoms with E-state index in [1.165, 1.54) is 11.0 Å². The maximum absolute atomic E-state index is 15.1. The highest BCUT2D eigenvalue weighted by molar-refractivity contribution is 5.90. The predicted octanol–water partition coefficient (Wildman–Crippen LogP) is 6.63. The van der Waals surface area contributed by atoms with E-state index in [4.69, 9.17) is 15.2 Å². The quantitative estimate of drug-likeness (QED) is 0.227. The number of amides is 2. The molecule has 0 spiro atoms. The molecule has 0 aliphatic carbocycles. The molecule has 2 N–H and O–H groups in total. The number of anilines is 2. The van der Waals surface area contributed by atoms with Crippen LogP contribution >= 0.6 is 0 Å². The third-order valence-electron chi connectivity index (χ3n) is 7.90. The molecule has 1 saturated heterocycles. The minimum atomic E-state index is -0.688. The summed E-state index contributed by atoms with van der Waals surface area (Å²) < 4.78 is 28.2. The molecule has 1 aliphatic heterocycles. The number of hydrogen-bond acceptors (Lipinski definition) is 5. The van der Waals surface area contributed by atoms with Crippen LogP contribution in [0.2, 0.25) is 0 Å². The average Bonchev–Trinajstić information content (AvgIpc) is 3.21. The molecule has 1 aromatic heterocycles. The Morgan fingerprint density at radius 3 is 2.55 bits per heavy atom. The lowest BCUT2D eigenvalue weighted by atomic mass is 9.91. The number of ether oxygens (including phenoxy) is 2. The number of aromatic nitrogens is 1. The number of benzene rings is 2. The summed E-state index contributed by atoms with van der Waals surface area (Å²) in [5, 5.41) is 0.913. The van der Waals surface area contributed by atoms with Crippen molar-refractivity contribution in [1.29, 1.82) is 0 Å². The Morgan fingerprint density at radius 2 is 1.88 bits per heavy atom. The molecule has 3 aromatic rings. The van der Waals surface area contributed by atoms with Gasteiger partial charge >= 0.3 is 6.09 Å². The minimum Gasteiger partial charge on any atom is -0.443 e. The number of carbonyl (C=O) groups excluding carboxylic acids is 2. The molecule has 228 valence electrons. The number of aryl methyl sites for hydroxylation is 2. The van der Waals surface area contributed by atoms with Gasteiger partial charge in [-0.1, -0.05) is 12.1 Å². The van der Waals surface area contributed by atoms with Crippen molar-refractivity contribution in [3.8, 4) is 0 Å². The number of piperidine rings is 1. The summed E-state index contributed by atoms with van der Waals surface area (Å²) in [6.45, 7) is 11.8. The van der Waals surface area contributed by atoms with Gasteiger partial charge in [-0.25, -0.2) is 9.18 Å². The van der Waals surface area contributed by atoms with E-state index < -0.39 is 17.7 Å². The van der Waals surface area contributed by atoms with Crippen LogP contribution in [0.1, 0.15) is 70.6 Å². The second-order valence-electron chi connectivity index (χ2n) is 12.3. The van der Waals surface area contributed by atoms with Crippen LogP contribution < -0.4 is 10.6 Å². The lowest BCUT2D eigenvalue weighted by Gasteiger charge is -2.36. The first-order valence-electron chi connectivity index (χ1n) is 14.8. The molecule has 1 aliphatic rings. The standard InChI is InChI=1S/C33H45FN4O4/c1-22(38(32(40)42-33(3,4)5)26-15-13-25(35)14-16-26)20-29(39)36-17-8-10-24(21-36)30-23(2)27-11-7-12-28(34)31(27)37(30)18-9-19-41-6/h7,11-16,22,24H,8-10,17-21,35H2,1-6H3/t22-,24?/m1/s1. The Morgan fingerprint density at radius 1 is 1.17 bits per heavy atom. The van der Waals surface area contributed by atoms with E-state index in [1.807, 2.05) is 38.7 Å². The first-order chi connectivity index (χ1) is 19.9. The first kappa shape index (κ1) is 31.3. The zero-order valence-electron chi connectivity index (χ0n) is 25.8. The van der Waals surface area contributed by atoms with E-state index in [2.05, 4.69) is 11.5 Å². The third kappa shape index (κ3) is 7.06. The lowest BCUT2D eigenvalue weighted by molar-refractivity contribution is -0.132. The Bertz CT molecular complexity index is 1400. The molecule has 0 radical (unpaired) electrons. The van der Waals surface area contributed by atoms with Crippen molar-refractivity contribution in [1.82, 2.24) is 9.47 Å². The molecule has 9 heteroatoms. The molecule has 4 rings (SSSR count). The zero-order valence-corrected chi connectivity index (χ0v) is 25.8. The Labute approximate surface area is 248 Å². The number of nitrogens with zero attached hydrogens (tertiary/aromatic N) is 3. The van der Waals surface area contributed by atoms with Crippen molar-refractivity contribution in [3.05, 3.63) is 59.5 Å². The highest BCUT2D eigenvalue weighted by Crippen LogP contribution is 2.37. The second-order valence-corrected chi connectivity index (χ2v) is 12.3. The fraction of sp³-hybridized carbons (Fsp3) is 0.515. The number of halogens is 1. The fourth-order valence-corrected chi connectivity index (χ4v) is 6.06. The number of nitrogens with two attached hydrogens (primary N) is 1. The monoisotopic (exact) mass is 580 g/mol. The van der Waals surface area contributed by atoms with Crippen molar-refractivity contribution < 1.29 is 23.5 Å². The Hall–Kier alpha value is -3.59. The zero-order chi connectivity index (χ0) is 30.6. The van der Waals surface area contributed by atoms with E-state index in [1.54, 1.807) is 37.4 Å². The summed E-state index contributed by atoms with van der Waals surface area (Å²) in [6.07, 6.45) is 2.15. The number of nitrogen functional groups attached to an aromatic ring is 1. The summed E-state index contributed by atoms with van der Waals surface area (Å²) in [6, 6.07) is 11.8. The summed E-state index contributed by atoms with van der Waals surface area (Å²) >= 11 is 0. The van der Waals surface area contributed by atoms with Gasteiger partial charge < -0.3 is 24.7 Å². The molecule has 2 aromatic carbocycles. The van der Waals surface area contributed by atoms with Crippen LogP contribution in [0.25, 0.3) is 10.9 Å². The molecule has 8 nitrogen and oxygen atoms in total. The molecular formula is C33H45FN4O4. The van der Waals surface area contributed by atoms with Crippen molar-refractivity contribution >= 4 is 34.3 Å². The molecule has 0 bridgehead atoms. The average molecular weight is 581 g/mol. The molecule has 2 heterocycles. The van der Waals surface area contributed by atoms with Gasteiger partial charge in [-0.15, -0.1) is 0 Å². The topological polar surface area (TPSA) is 90.0 Å². The number of methoxy groups -OCH3 is 1. The molecule has 2 amide bonds. The van der Waals surface area contributed by atoms with Crippen LogP contribution in [0.15, 0.2) is 42.5 Å². The number of para-hydroxylation sites is 1. The van der Waals surface area contributed by atoms with Crippen molar-refractivity contribution in [2.75, 3.05) is 37.4 Å².